The van der Waals surface area contributed by atoms with E-state index < -0.39 is 0 Å². The van der Waals surface area contributed by atoms with Gasteiger partial charge in [0.1, 0.15) is 5.75 Å². The fourth-order valence-corrected chi connectivity index (χ4v) is 5.82. The lowest BCUT2D eigenvalue weighted by atomic mass is 9.74. The van der Waals surface area contributed by atoms with E-state index in [0.717, 1.165) is 66.5 Å². The van der Waals surface area contributed by atoms with E-state index in [0.29, 0.717) is 12.3 Å². The molecule has 40 heavy (non-hydrogen) atoms. The molecule has 6 heteroatoms. The van der Waals surface area contributed by atoms with Crippen molar-refractivity contribution in [1.29, 1.82) is 0 Å². The first kappa shape index (κ1) is 27.8. The van der Waals surface area contributed by atoms with Crippen molar-refractivity contribution in [2.45, 2.75) is 83.8 Å². The Morgan fingerprint density at radius 3 is 2.35 bits per heavy atom. The maximum absolute atomic E-state index is 13.4. The Morgan fingerprint density at radius 2 is 1.65 bits per heavy atom. The number of nitrogens with one attached hydrogen (secondary N) is 1. The van der Waals surface area contributed by atoms with Gasteiger partial charge >= 0.3 is 6.09 Å². The molecule has 0 bridgehead atoms. The highest BCUT2D eigenvalue weighted by Gasteiger charge is 2.35. The molecule has 2 aliphatic carbocycles. The van der Waals surface area contributed by atoms with Crippen LogP contribution in [0.1, 0.15) is 85.2 Å². The van der Waals surface area contributed by atoms with E-state index in [-0.39, 0.29) is 35.9 Å². The number of nitrogens with two attached hydrogens (primary N) is 1. The highest BCUT2D eigenvalue weighted by atomic mass is 16.6. The molecular formula is C34H41N3O3. The Kier molecular flexibility index (Phi) is 8.43. The van der Waals surface area contributed by atoms with Gasteiger partial charge in [-0.2, -0.15) is 0 Å². The SMILES string of the molecule is Cc1cccc(OC(=O)N(Cc2ccc(C3CCCC[C@@H]3C(=O)N[C@@H](C)c3ccc(N)cc3)cc2)C2CC2)c1C. The Bertz CT molecular complexity index is 1330. The van der Waals surface area contributed by atoms with Crippen LogP contribution in [0.25, 0.3) is 0 Å². The molecular weight excluding hydrogens is 498 g/mol. The molecule has 5 rings (SSSR count). The van der Waals surface area contributed by atoms with Crippen LogP contribution in [0.2, 0.25) is 0 Å². The molecule has 0 radical (unpaired) electrons. The lowest BCUT2D eigenvalue weighted by molar-refractivity contribution is -0.127. The zero-order valence-corrected chi connectivity index (χ0v) is 23.9. The maximum Gasteiger partial charge on any atom is 0.415 e. The van der Waals surface area contributed by atoms with Gasteiger partial charge in [-0.3, -0.25) is 4.79 Å². The van der Waals surface area contributed by atoms with Crippen LogP contribution < -0.4 is 15.8 Å². The minimum absolute atomic E-state index is 0.0497. The normalized spacial score (nSPS) is 19.5. The Morgan fingerprint density at radius 1 is 0.950 bits per heavy atom. The van der Waals surface area contributed by atoms with Crippen LogP contribution >= 0.6 is 0 Å². The van der Waals surface area contributed by atoms with E-state index in [4.69, 9.17) is 10.5 Å². The molecule has 3 aromatic rings. The number of hydrogen-bond acceptors (Lipinski definition) is 4. The molecule has 2 saturated carbocycles. The van der Waals surface area contributed by atoms with E-state index in [9.17, 15) is 9.59 Å². The highest BCUT2D eigenvalue weighted by molar-refractivity contribution is 5.80. The number of carbonyl (C=O) groups excluding carboxylic acids is 2. The number of benzene rings is 3. The summed E-state index contributed by atoms with van der Waals surface area (Å²) in [6, 6.07) is 22.2. The minimum atomic E-state index is -0.292. The van der Waals surface area contributed by atoms with Gasteiger partial charge in [-0.15, -0.1) is 0 Å². The molecule has 2 amide bonds. The largest absolute Gasteiger partial charge is 0.415 e. The molecule has 2 fully saturated rings. The highest BCUT2D eigenvalue weighted by Crippen LogP contribution is 2.39. The summed E-state index contributed by atoms with van der Waals surface area (Å²) in [5, 5.41) is 3.24. The first-order chi connectivity index (χ1) is 19.3. The molecule has 6 nitrogen and oxygen atoms in total. The number of amides is 2. The quantitative estimate of drug-likeness (QED) is 0.297. The third-order valence-electron chi connectivity index (χ3n) is 8.63. The molecule has 0 aromatic heterocycles. The number of anilines is 1. The number of aryl methyl sites for hydroxylation is 1. The van der Waals surface area contributed by atoms with E-state index in [1.165, 1.54) is 5.56 Å². The molecule has 0 spiro atoms. The van der Waals surface area contributed by atoms with Crippen LogP contribution in [-0.2, 0) is 11.3 Å². The molecule has 3 aromatic carbocycles. The average Bonchev–Trinajstić information content (AvgIpc) is 3.80. The standard InChI is InChI=1S/C34H41N3O3/c1-22-7-6-10-32(23(22)2)40-34(39)37(29-19-20-29)21-25-11-13-27(14-12-25)30-8-4-5-9-31(30)33(38)36-24(3)26-15-17-28(35)18-16-26/h6-7,10-18,24,29-31H,4-5,8-9,19-21,35H2,1-3H3,(H,36,38)/t24-,30?,31-/m0/s1. The van der Waals surface area contributed by atoms with Gasteiger partial charge in [-0.25, -0.2) is 4.79 Å². The van der Waals surface area contributed by atoms with E-state index in [1.807, 2.05) is 68.1 Å². The summed E-state index contributed by atoms with van der Waals surface area (Å²) in [7, 11) is 0. The first-order valence-electron chi connectivity index (χ1n) is 14.6. The van der Waals surface area contributed by atoms with Crippen LogP contribution in [-0.4, -0.2) is 22.9 Å². The summed E-state index contributed by atoms with van der Waals surface area (Å²) in [5.41, 5.74) is 12.0. The molecule has 0 heterocycles. The summed E-state index contributed by atoms with van der Waals surface area (Å²) in [5.74, 6) is 0.882. The number of nitrogens with zero attached hydrogens (tertiary/aromatic N) is 1. The summed E-state index contributed by atoms with van der Waals surface area (Å²) < 4.78 is 5.83. The van der Waals surface area contributed by atoms with E-state index >= 15 is 0 Å². The van der Waals surface area contributed by atoms with Crippen LogP contribution in [0.5, 0.6) is 5.75 Å². The van der Waals surface area contributed by atoms with Crippen molar-refractivity contribution in [2.75, 3.05) is 5.73 Å². The monoisotopic (exact) mass is 539 g/mol. The summed E-state index contributed by atoms with van der Waals surface area (Å²) in [6.07, 6.45) is 5.82. The van der Waals surface area contributed by atoms with E-state index in [1.54, 1.807) is 0 Å². The lowest BCUT2D eigenvalue weighted by Crippen LogP contribution is -2.37. The molecule has 3 atom stereocenters. The van der Waals surface area contributed by atoms with Gasteiger partial charge in [0, 0.05) is 24.2 Å². The number of hydrogen-bond donors (Lipinski definition) is 2. The fourth-order valence-electron chi connectivity index (χ4n) is 5.82. The summed E-state index contributed by atoms with van der Waals surface area (Å²) >= 11 is 0. The van der Waals surface area contributed by atoms with Crippen molar-refractivity contribution in [3.8, 4) is 5.75 Å². The van der Waals surface area contributed by atoms with Gasteiger partial charge < -0.3 is 20.7 Å². The summed E-state index contributed by atoms with van der Waals surface area (Å²) in [6.45, 7) is 6.54. The van der Waals surface area contributed by atoms with Crippen LogP contribution in [0.3, 0.4) is 0 Å². The van der Waals surface area contributed by atoms with E-state index in [2.05, 4.69) is 29.6 Å². The smallest absolute Gasteiger partial charge is 0.410 e. The molecule has 0 saturated heterocycles. The predicted octanol–water partition coefficient (Wildman–Crippen LogP) is 7.20. The summed E-state index contributed by atoms with van der Waals surface area (Å²) in [4.78, 5) is 28.4. The van der Waals surface area contributed by atoms with Gasteiger partial charge in [-0.1, -0.05) is 61.4 Å². The van der Waals surface area contributed by atoms with Crippen molar-refractivity contribution in [1.82, 2.24) is 10.2 Å². The van der Waals surface area contributed by atoms with Gasteiger partial charge in [0.25, 0.3) is 0 Å². The number of carbonyl (C=O) groups is 2. The second-order valence-corrected chi connectivity index (χ2v) is 11.6. The Balaban J connectivity index is 1.24. The van der Waals surface area contributed by atoms with Gasteiger partial charge in [0.15, 0.2) is 0 Å². The Hall–Kier alpha value is -3.80. The topological polar surface area (TPSA) is 84.7 Å². The minimum Gasteiger partial charge on any atom is -0.410 e. The van der Waals surface area contributed by atoms with Crippen molar-refractivity contribution in [3.05, 3.63) is 94.5 Å². The molecule has 2 aliphatic rings. The van der Waals surface area contributed by atoms with Crippen LogP contribution in [0.4, 0.5) is 10.5 Å². The van der Waals surface area contributed by atoms with Crippen molar-refractivity contribution in [2.24, 2.45) is 5.92 Å². The number of rotatable bonds is 8. The zero-order chi connectivity index (χ0) is 28.2. The second kappa shape index (κ2) is 12.2. The Labute approximate surface area is 237 Å². The molecule has 210 valence electrons. The lowest BCUT2D eigenvalue weighted by Gasteiger charge is -2.32. The average molecular weight is 540 g/mol. The van der Waals surface area contributed by atoms with Gasteiger partial charge in [-0.05, 0) is 98.4 Å². The van der Waals surface area contributed by atoms with Crippen molar-refractivity contribution in [3.63, 3.8) is 0 Å². The second-order valence-electron chi connectivity index (χ2n) is 11.6. The van der Waals surface area contributed by atoms with Gasteiger partial charge in [0.05, 0.1) is 6.04 Å². The first-order valence-corrected chi connectivity index (χ1v) is 14.6. The van der Waals surface area contributed by atoms with Crippen LogP contribution in [0, 0.1) is 19.8 Å². The third-order valence-corrected chi connectivity index (χ3v) is 8.63. The van der Waals surface area contributed by atoms with Crippen LogP contribution in [0.15, 0.2) is 66.7 Å². The molecule has 0 aliphatic heterocycles. The fraction of sp³-hybridized carbons (Fsp3) is 0.412. The number of ether oxygens (including phenoxy) is 1. The third kappa shape index (κ3) is 6.49. The van der Waals surface area contributed by atoms with Crippen molar-refractivity contribution < 1.29 is 14.3 Å². The zero-order valence-electron chi connectivity index (χ0n) is 23.9. The predicted molar refractivity (Wildman–Crippen MR) is 159 cm³/mol. The maximum atomic E-state index is 13.4. The molecule has 3 N–H and O–H groups in total. The molecule has 1 unspecified atom stereocenters. The van der Waals surface area contributed by atoms with Crippen molar-refractivity contribution >= 4 is 17.7 Å². The van der Waals surface area contributed by atoms with Gasteiger partial charge in [0.2, 0.25) is 5.91 Å². The number of nitrogen functional groups attached to an aromatic ring is 1.